The summed E-state index contributed by atoms with van der Waals surface area (Å²) in [5.74, 6) is 0.237. The van der Waals surface area contributed by atoms with Gasteiger partial charge in [-0.2, -0.15) is 0 Å². The summed E-state index contributed by atoms with van der Waals surface area (Å²) in [4.78, 5) is 29.5. The zero-order valence-electron chi connectivity index (χ0n) is 17.2. The maximum atomic E-state index is 13.2. The minimum atomic E-state index is -0.605. The Labute approximate surface area is 168 Å². The van der Waals surface area contributed by atoms with Crippen molar-refractivity contribution in [2.45, 2.75) is 70.8 Å². The Kier molecular flexibility index (Phi) is 8.21. The predicted octanol–water partition coefficient (Wildman–Crippen LogP) is 3.80. The van der Waals surface area contributed by atoms with Gasteiger partial charge in [0.2, 0.25) is 11.8 Å². The van der Waals surface area contributed by atoms with Gasteiger partial charge in [0, 0.05) is 31.5 Å². The lowest BCUT2D eigenvalue weighted by Gasteiger charge is -2.36. The van der Waals surface area contributed by atoms with Crippen LogP contribution in [-0.4, -0.2) is 50.7 Å². The number of amides is 2. The molecule has 2 amide bonds. The second kappa shape index (κ2) is 10.2. The molecule has 1 aromatic rings. The van der Waals surface area contributed by atoms with Gasteiger partial charge in [-0.3, -0.25) is 9.59 Å². The van der Waals surface area contributed by atoms with E-state index in [2.05, 4.69) is 13.8 Å². The van der Waals surface area contributed by atoms with Gasteiger partial charge in [0.05, 0.1) is 6.54 Å². The molecule has 152 valence electrons. The molecule has 2 rings (SSSR count). The van der Waals surface area contributed by atoms with Crippen molar-refractivity contribution in [1.29, 1.82) is 0 Å². The van der Waals surface area contributed by atoms with E-state index in [-0.39, 0.29) is 24.4 Å². The Bertz CT molecular complexity index is 621. The second-order valence-corrected chi connectivity index (χ2v) is 8.81. The Balaban J connectivity index is 2.14. The van der Waals surface area contributed by atoms with E-state index in [9.17, 15) is 9.59 Å². The van der Waals surface area contributed by atoms with Crippen LogP contribution in [0.15, 0.2) is 18.3 Å². The fraction of sp³-hybridized carbons (Fsp3) is 0.714. The molecule has 1 aliphatic rings. The number of hydrogen-bond donors (Lipinski definition) is 0. The van der Waals surface area contributed by atoms with Crippen molar-refractivity contribution in [3.05, 3.63) is 24.0 Å². The minimum absolute atomic E-state index is 0.00106. The van der Waals surface area contributed by atoms with Crippen LogP contribution in [0.3, 0.4) is 0 Å². The third-order valence-corrected chi connectivity index (χ3v) is 5.47. The summed E-state index contributed by atoms with van der Waals surface area (Å²) in [7, 11) is 1.99. The number of aryl methyl sites for hydroxylation is 1. The number of alkyl halides is 1. The second-order valence-electron chi connectivity index (χ2n) is 8.15. The van der Waals surface area contributed by atoms with E-state index < -0.39 is 5.38 Å². The molecule has 1 saturated carbocycles. The number of carbonyl (C=O) groups excluding carboxylic acids is 2. The Hall–Kier alpha value is -1.49. The van der Waals surface area contributed by atoms with Crippen LogP contribution in [0.5, 0.6) is 0 Å². The van der Waals surface area contributed by atoms with E-state index in [0.717, 1.165) is 31.4 Å². The molecule has 1 aliphatic carbocycles. The van der Waals surface area contributed by atoms with Gasteiger partial charge in [0.15, 0.2) is 0 Å². The van der Waals surface area contributed by atoms with Crippen LogP contribution >= 0.6 is 11.6 Å². The maximum Gasteiger partial charge on any atom is 0.242 e. The van der Waals surface area contributed by atoms with E-state index in [1.54, 1.807) is 11.8 Å². The summed E-state index contributed by atoms with van der Waals surface area (Å²) in [6.45, 7) is 7.26. The Morgan fingerprint density at radius 3 is 2.41 bits per heavy atom. The highest BCUT2D eigenvalue weighted by Gasteiger charge is 2.31. The predicted molar refractivity (Wildman–Crippen MR) is 110 cm³/mol. The zero-order valence-corrected chi connectivity index (χ0v) is 17.9. The van der Waals surface area contributed by atoms with Gasteiger partial charge in [-0.05, 0) is 37.8 Å². The maximum absolute atomic E-state index is 13.2. The van der Waals surface area contributed by atoms with E-state index >= 15 is 0 Å². The van der Waals surface area contributed by atoms with Crippen molar-refractivity contribution in [1.82, 2.24) is 14.4 Å². The molecule has 1 atom stereocenters. The van der Waals surface area contributed by atoms with Crippen LogP contribution in [0.4, 0.5) is 0 Å². The number of carbonyl (C=O) groups is 2. The molecular weight excluding hydrogens is 362 g/mol. The molecule has 0 saturated heterocycles. The van der Waals surface area contributed by atoms with E-state index in [1.165, 1.54) is 6.42 Å². The van der Waals surface area contributed by atoms with Crippen LogP contribution in [0.25, 0.3) is 0 Å². The third kappa shape index (κ3) is 6.27. The van der Waals surface area contributed by atoms with Gasteiger partial charge in [0.1, 0.15) is 11.9 Å². The lowest BCUT2D eigenvalue weighted by molar-refractivity contribution is -0.143. The molecule has 6 heteroatoms. The van der Waals surface area contributed by atoms with Crippen LogP contribution in [-0.2, 0) is 23.2 Å². The summed E-state index contributed by atoms with van der Waals surface area (Å²) in [6.07, 6.45) is 7.34. The molecule has 0 radical (unpaired) electrons. The number of hydrogen-bond acceptors (Lipinski definition) is 2. The largest absolute Gasteiger partial charge is 0.353 e. The Morgan fingerprint density at radius 2 is 1.89 bits per heavy atom. The SMILES string of the molecule is CC(C)CN(Cc1cccn1C)C(=O)CN(C(=O)C(C)Cl)C1CCCCC1. The Morgan fingerprint density at radius 1 is 1.22 bits per heavy atom. The average molecular weight is 396 g/mol. The molecular formula is C21H34ClN3O2. The van der Waals surface area contributed by atoms with Gasteiger partial charge in [0.25, 0.3) is 0 Å². The summed E-state index contributed by atoms with van der Waals surface area (Å²) >= 11 is 6.11. The molecule has 0 spiro atoms. The normalized spacial score (nSPS) is 16.4. The van der Waals surface area contributed by atoms with Crippen molar-refractivity contribution in [3.8, 4) is 0 Å². The minimum Gasteiger partial charge on any atom is -0.353 e. The summed E-state index contributed by atoms with van der Waals surface area (Å²) < 4.78 is 2.03. The van der Waals surface area contributed by atoms with Crippen LogP contribution < -0.4 is 0 Å². The van der Waals surface area contributed by atoms with Crippen molar-refractivity contribution in [2.24, 2.45) is 13.0 Å². The molecule has 1 aromatic heterocycles. The molecule has 0 bridgehead atoms. The fourth-order valence-corrected chi connectivity index (χ4v) is 3.93. The number of rotatable bonds is 8. The van der Waals surface area contributed by atoms with Gasteiger partial charge in [-0.25, -0.2) is 0 Å². The molecule has 5 nitrogen and oxygen atoms in total. The molecule has 0 N–H and O–H groups in total. The number of nitrogens with zero attached hydrogens (tertiary/aromatic N) is 3. The quantitative estimate of drug-likeness (QED) is 0.628. The van der Waals surface area contributed by atoms with Gasteiger partial charge >= 0.3 is 0 Å². The summed E-state index contributed by atoms with van der Waals surface area (Å²) in [6, 6.07) is 4.15. The number of aromatic nitrogens is 1. The highest BCUT2D eigenvalue weighted by Crippen LogP contribution is 2.24. The van der Waals surface area contributed by atoms with Crippen LogP contribution in [0, 0.1) is 5.92 Å². The fourth-order valence-electron chi connectivity index (χ4n) is 3.81. The number of halogens is 1. The molecule has 1 fully saturated rings. The smallest absolute Gasteiger partial charge is 0.242 e. The van der Waals surface area contributed by atoms with Gasteiger partial charge in [-0.1, -0.05) is 33.1 Å². The first kappa shape index (κ1) is 21.8. The van der Waals surface area contributed by atoms with Gasteiger partial charge in [-0.15, -0.1) is 11.6 Å². The molecule has 27 heavy (non-hydrogen) atoms. The molecule has 0 aliphatic heterocycles. The standard InChI is InChI=1S/C21H34ClN3O2/c1-16(2)13-24(14-19-11-8-12-23(19)4)20(26)15-25(21(27)17(3)22)18-9-6-5-7-10-18/h8,11-12,16-18H,5-7,9-10,13-15H2,1-4H3. The first-order valence-electron chi connectivity index (χ1n) is 10.1. The zero-order chi connectivity index (χ0) is 20.0. The first-order chi connectivity index (χ1) is 12.8. The van der Waals surface area contributed by atoms with E-state index in [0.29, 0.717) is 19.0 Å². The summed E-state index contributed by atoms with van der Waals surface area (Å²) in [5, 5.41) is -0.605. The van der Waals surface area contributed by atoms with Crippen LogP contribution in [0.2, 0.25) is 0 Å². The van der Waals surface area contributed by atoms with Crippen molar-refractivity contribution < 1.29 is 9.59 Å². The molecule has 0 aromatic carbocycles. The molecule has 1 heterocycles. The van der Waals surface area contributed by atoms with Crippen molar-refractivity contribution in [2.75, 3.05) is 13.1 Å². The third-order valence-electron chi connectivity index (χ3n) is 5.29. The highest BCUT2D eigenvalue weighted by molar-refractivity contribution is 6.30. The summed E-state index contributed by atoms with van der Waals surface area (Å²) in [5.41, 5.74) is 1.09. The van der Waals surface area contributed by atoms with Crippen molar-refractivity contribution in [3.63, 3.8) is 0 Å². The topological polar surface area (TPSA) is 45.6 Å². The lowest BCUT2D eigenvalue weighted by atomic mass is 9.94. The van der Waals surface area contributed by atoms with Gasteiger partial charge < -0.3 is 14.4 Å². The van der Waals surface area contributed by atoms with E-state index in [1.807, 2.05) is 34.8 Å². The first-order valence-corrected chi connectivity index (χ1v) is 10.6. The average Bonchev–Trinajstić information content (AvgIpc) is 3.03. The molecule has 1 unspecified atom stereocenters. The monoisotopic (exact) mass is 395 g/mol. The van der Waals surface area contributed by atoms with E-state index in [4.69, 9.17) is 11.6 Å². The lowest BCUT2D eigenvalue weighted by Crippen LogP contribution is -2.50. The van der Waals surface area contributed by atoms with Crippen LogP contribution in [0.1, 0.15) is 58.6 Å². The highest BCUT2D eigenvalue weighted by atomic mass is 35.5. The van der Waals surface area contributed by atoms with Crippen molar-refractivity contribution >= 4 is 23.4 Å².